The van der Waals surface area contributed by atoms with Gasteiger partial charge in [0.1, 0.15) is 21.3 Å². The number of hydrogen-bond donors (Lipinski definition) is 2. The minimum absolute atomic E-state index is 0.0953. The summed E-state index contributed by atoms with van der Waals surface area (Å²) in [6.07, 6.45) is 0. The Kier molecular flexibility index (Phi) is 4.38. The maximum Gasteiger partial charge on any atom is 0.339 e. The Labute approximate surface area is 134 Å². The van der Waals surface area contributed by atoms with Crippen LogP contribution in [0.15, 0.2) is 46.2 Å². The van der Waals surface area contributed by atoms with Crippen LogP contribution >= 0.6 is 0 Å². The van der Waals surface area contributed by atoms with Gasteiger partial charge in [-0.2, -0.15) is 16.8 Å². The van der Waals surface area contributed by atoms with Crippen molar-refractivity contribution in [2.75, 3.05) is 0 Å². The predicted octanol–water partition coefficient (Wildman–Crippen LogP) is 2.02. The normalized spacial score (nSPS) is 12.1. The van der Waals surface area contributed by atoms with E-state index < -0.39 is 30.9 Å². The highest BCUT2D eigenvalue weighted by Gasteiger charge is 2.21. The molecular weight excluding hydrogens is 344 g/mol. The summed E-state index contributed by atoms with van der Waals surface area (Å²) in [5.41, 5.74) is 1.65. The molecule has 0 aliphatic carbocycles. The van der Waals surface area contributed by atoms with Crippen LogP contribution < -0.4 is 4.18 Å². The first-order valence-electron chi connectivity index (χ1n) is 6.33. The lowest BCUT2D eigenvalue weighted by molar-refractivity contribution is 0.438. The maximum absolute atomic E-state index is 12.2. The molecule has 0 aliphatic heterocycles. The molecule has 0 unspecified atom stereocenters. The minimum Gasteiger partial charge on any atom is -0.506 e. The molecule has 0 saturated heterocycles. The van der Waals surface area contributed by atoms with Crippen LogP contribution in [0.1, 0.15) is 11.1 Å². The SMILES string of the molecule is Cc1ccc(S(=O)(=O)Oc2ccc(O)c(S(=O)(=O)O)c2)cc1C. The summed E-state index contributed by atoms with van der Waals surface area (Å²) in [5.74, 6) is -1.07. The van der Waals surface area contributed by atoms with E-state index >= 15 is 0 Å². The molecule has 0 aliphatic rings. The number of aromatic hydroxyl groups is 1. The molecule has 0 amide bonds. The summed E-state index contributed by atoms with van der Waals surface area (Å²) in [7, 11) is -8.90. The van der Waals surface area contributed by atoms with Crippen LogP contribution in [0.25, 0.3) is 0 Å². The van der Waals surface area contributed by atoms with Crippen molar-refractivity contribution < 1.29 is 30.7 Å². The summed E-state index contributed by atoms with van der Waals surface area (Å²) in [6.45, 7) is 3.57. The fourth-order valence-corrected chi connectivity index (χ4v) is 3.40. The van der Waals surface area contributed by atoms with Crippen molar-refractivity contribution in [1.82, 2.24) is 0 Å². The molecule has 0 radical (unpaired) electrons. The van der Waals surface area contributed by atoms with E-state index in [9.17, 15) is 21.9 Å². The largest absolute Gasteiger partial charge is 0.506 e. The molecule has 2 rings (SSSR count). The highest BCUT2D eigenvalue weighted by Crippen LogP contribution is 2.29. The molecule has 7 nitrogen and oxygen atoms in total. The lowest BCUT2D eigenvalue weighted by Crippen LogP contribution is -2.10. The molecule has 9 heteroatoms. The first-order valence-corrected chi connectivity index (χ1v) is 9.18. The number of hydrogen-bond acceptors (Lipinski definition) is 6. The van der Waals surface area contributed by atoms with Gasteiger partial charge in [0.25, 0.3) is 10.1 Å². The van der Waals surface area contributed by atoms with Crippen LogP contribution in [0, 0.1) is 13.8 Å². The molecule has 0 aromatic heterocycles. The van der Waals surface area contributed by atoms with Gasteiger partial charge in [-0.15, -0.1) is 0 Å². The van der Waals surface area contributed by atoms with E-state index in [0.29, 0.717) is 0 Å². The Morgan fingerprint density at radius 3 is 2.13 bits per heavy atom. The van der Waals surface area contributed by atoms with E-state index in [0.717, 1.165) is 29.3 Å². The van der Waals surface area contributed by atoms with Gasteiger partial charge in [0, 0.05) is 6.07 Å². The van der Waals surface area contributed by atoms with Gasteiger partial charge in [-0.3, -0.25) is 4.55 Å². The quantitative estimate of drug-likeness (QED) is 0.634. The summed E-state index contributed by atoms with van der Waals surface area (Å²) in [4.78, 5) is -0.938. The Hall–Kier alpha value is -2.10. The standard InChI is InChI=1S/C14H14O7S2/c1-9-3-5-12(7-10(9)2)23(19,20)21-11-4-6-13(15)14(8-11)22(16,17)18/h3-8,15H,1-2H3,(H,16,17,18). The summed E-state index contributed by atoms with van der Waals surface area (Å²) < 4.78 is 60.5. The second-order valence-electron chi connectivity index (χ2n) is 4.89. The Bertz CT molecular complexity index is 961. The van der Waals surface area contributed by atoms with E-state index in [-0.39, 0.29) is 10.6 Å². The zero-order valence-corrected chi connectivity index (χ0v) is 13.8. The van der Waals surface area contributed by atoms with Crippen molar-refractivity contribution in [1.29, 1.82) is 0 Å². The third-order valence-electron chi connectivity index (χ3n) is 3.18. The number of phenolic OH excluding ortho intramolecular Hbond substituents is 1. The van der Waals surface area contributed by atoms with E-state index in [1.807, 2.05) is 6.92 Å². The highest BCUT2D eigenvalue weighted by molar-refractivity contribution is 7.87. The Morgan fingerprint density at radius 2 is 1.57 bits per heavy atom. The van der Waals surface area contributed by atoms with Gasteiger partial charge in [0.05, 0.1) is 0 Å². The first kappa shape index (κ1) is 17.3. The number of benzene rings is 2. The first-order chi connectivity index (χ1) is 10.5. The van der Waals surface area contributed by atoms with Crippen LogP contribution in [0.4, 0.5) is 0 Å². The second kappa shape index (κ2) is 5.84. The van der Waals surface area contributed by atoms with Crippen LogP contribution in [-0.2, 0) is 20.2 Å². The van der Waals surface area contributed by atoms with Gasteiger partial charge < -0.3 is 9.29 Å². The van der Waals surface area contributed by atoms with Crippen molar-refractivity contribution in [2.24, 2.45) is 0 Å². The smallest absolute Gasteiger partial charge is 0.339 e. The number of phenols is 1. The fourth-order valence-electron chi connectivity index (χ4n) is 1.80. The van der Waals surface area contributed by atoms with Crippen molar-refractivity contribution >= 4 is 20.2 Å². The van der Waals surface area contributed by atoms with Crippen LogP contribution in [0.2, 0.25) is 0 Å². The number of aryl methyl sites for hydroxylation is 2. The van der Waals surface area contributed by atoms with Gasteiger partial charge >= 0.3 is 10.1 Å². The average molecular weight is 358 g/mol. The summed E-state index contributed by atoms with van der Waals surface area (Å²) >= 11 is 0. The van der Waals surface area contributed by atoms with Crippen LogP contribution in [0.5, 0.6) is 11.5 Å². The average Bonchev–Trinajstić information content (AvgIpc) is 2.42. The molecular formula is C14H14O7S2. The Morgan fingerprint density at radius 1 is 0.913 bits per heavy atom. The zero-order chi connectivity index (χ0) is 17.4. The summed E-state index contributed by atoms with van der Waals surface area (Å²) in [6, 6.07) is 7.11. The second-order valence-corrected chi connectivity index (χ2v) is 7.82. The van der Waals surface area contributed by atoms with Gasteiger partial charge in [-0.25, -0.2) is 0 Å². The van der Waals surface area contributed by atoms with Gasteiger partial charge in [-0.1, -0.05) is 6.07 Å². The molecule has 2 aromatic carbocycles. The fraction of sp³-hybridized carbons (Fsp3) is 0.143. The van der Waals surface area contributed by atoms with Gasteiger partial charge in [-0.05, 0) is 49.2 Å². The minimum atomic E-state index is -4.71. The van der Waals surface area contributed by atoms with E-state index in [1.165, 1.54) is 12.1 Å². The maximum atomic E-state index is 12.2. The molecule has 2 aromatic rings. The molecule has 0 fully saturated rings. The molecule has 2 N–H and O–H groups in total. The highest BCUT2D eigenvalue weighted by atomic mass is 32.2. The zero-order valence-electron chi connectivity index (χ0n) is 12.2. The van der Waals surface area contributed by atoms with E-state index in [1.54, 1.807) is 13.0 Å². The molecule has 23 heavy (non-hydrogen) atoms. The van der Waals surface area contributed by atoms with Crippen LogP contribution in [-0.4, -0.2) is 26.5 Å². The molecule has 0 atom stereocenters. The topological polar surface area (TPSA) is 118 Å². The molecule has 0 heterocycles. The van der Waals surface area contributed by atoms with Crippen molar-refractivity contribution in [2.45, 2.75) is 23.6 Å². The van der Waals surface area contributed by atoms with Crippen molar-refractivity contribution in [3.8, 4) is 11.5 Å². The monoisotopic (exact) mass is 358 g/mol. The summed E-state index contributed by atoms with van der Waals surface area (Å²) in [5, 5.41) is 9.41. The predicted molar refractivity (Wildman–Crippen MR) is 81.7 cm³/mol. The van der Waals surface area contributed by atoms with Gasteiger partial charge in [0.2, 0.25) is 0 Å². The lowest BCUT2D eigenvalue weighted by Gasteiger charge is -2.10. The lowest BCUT2D eigenvalue weighted by atomic mass is 10.1. The molecule has 0 spiro atoms. The molecule has 0 saturated carbocycles. The van der Waals surface area contributed by atoms with Gasteiger partial charge in [0.15, 0.2) is 0 Å². The Balaban J connectivity index is 2.43. The van der Waals surface area contributed by atoms with Crippen molar-refractivity contribution in [3.05, 3.63) is 47.5 Å². The third kappa shape index (κ3) is 3.81. The van der Waals surface area contributed by atoms with E-state index in [4.69, 9.17) is 8.74 Å². The molecule has 124 valence electrons. The van der Waals surface area contributed by atoms with E-state index in [2.05, 4.69) is 0 Å². The van der Waals surface area contributed by atoms with Crippen LogP contribution in [0.3, 0.4) is 0 Å². The van der Waals surface area contributed by atoms with Crippen molar-refractivity contribution in [3.63, 3.8) is 0 Å². The number of rotatable bonds is 4. The molecule has 0 bridgehead atoms. The third-order valence-corrected chi connectivity index (χ3v) is 5.31.